The number of carbonyl (C=O) groups excluding carboxylic acids is 3. The standard InChI is InChI=1S/C30H34N4O3/c1-22-20-28(35)34(26-18-11-16-24-15-7-8-17-25(24)26)30(37)33(3)27(22)21-32(2)29(36)31-19-10-9-14-23-12-5-4-6-13-23/h4-12,14-18,22,27H,13,19-21H2,1-3H3,(H,31,36)/b10-9-,23-14-. The molecule has 4 rings (SSSR count). The van der Waals surface area contributed by atoms with Gasteiger partial charge in [-0.05, 0) is 29.4 Å². The second-order valence-electron chi connectivity index (χ2n) is 9.60. The highest BCUT2D eigenvalue weighted by Crippen LogP contribution is 2.31. The van der Waals surface area contributed by atoms with Crippen LogP contribution in [0.4, 0.5) is 15.3 Å². The number of benzene rings is 2. The fourth-order valence-electron chi connectivity index (χ4n) is 4.79. The molecule has 37 heavy (non-hydrogen) atoms. The molecule has 1 fully saturated rings. The summed E-state index contributed by atoms with van der Waals surface area (Å²) in [5, 5.41) is 4.70. The molecule has 2 unspecified atom stereocenters. The first-order valence-corrected chi connectivity index (χ1v) is 12.6. The molecule has 1 N–H and O–H groups in total. The highest BCUT2D eigenvalue weighted by atomic mass is 16.2. The van der Waals surface area contributed by atoms with Crippen LogP contribution in [0.5, 0.6) is 0 Å². The molecule has 0 spiro atoms. The van der Waals surface area contributed by atoms with Gasteiger partial charge in [-0.2, -0.15) is 0 Å². The lowest BCUT2D eigenvalue weighted by Gasteiger charge is -2.34. The van der Waals surface area contributed by atoms with E-state index in [0.717, 1.165) is 17.2 Å². The molecular formula is C30H34N4O3. The minimum Gasteiger partial charge on any atom is -0.335 e. The number of likely N-dealkylation sites (N-methyl/N-ethyl adjacent to an activating group) is 2. The zero-order valence-electron chi connectivity index (χ0n) is 21.6. The Hall–Kier alpha value is -4.13. The van der Waals surface area contributed by atoms with Crippen molar-refractivity contribution in [3.8, 4) is 0 Å². The van der Waals surface area contributed by atoms with E-state index >= 15 is 0 Å². The molecule has 1 saturated heterocycles. The maximum atomic E-state index is 13.6. The SMILES string of the molecule is CC1CC(=O)N(c2cccc3ccccc23)C(=O)N(C)C1CN(C)C(=O)NC/C=C\C=C1\C=CC=CC1. The highest BCUT2D eigenvalue weighted by Gasteiger charge is 2.39. The maximum absolute atomic E-state index is 13.6. The molecular weight excluding hydrogens is 464 g/mol. The molecule has 2 aliphatic rings. The van der Waals surface area contributed by atoms with Crippen molar-refractivity contribution in [1.29, 1.82) is 0 Å². The lowest BCUT2D eigenvalue weighted by atomic mass is 9.97. The molecule has 1 aliphatic carbocycles. The van der Waals surface area contributed by atoms with Crippen LogP contribution in [0, 0.1) is 5.92 Å². The van der Waals surface area contributed by atoms with Gasteiger partial charge in [-0.3, -0.25) is 4.79 Å². The normalized spacial score (nSPS) is 21.2. The molecule has 0 radical (unpaired) electrons. The van der Waals surface area contributed by atoms with E-state index in [4.69, 9.17) is 0 Å². The Balaban J connectivity index is 1.41. The van der Waals surface area contributed by atoms with Gasteiger partial charge in [0, 0.05) is 39.0 Å². The number of nitrogens with one attached hydrogen (secondary N) is 1. The molecule has 1 heterocycles. The number of imide groups is 1. The summed E-state index contributed by atoms with van der Waals surface area (Å²) in [5.41, 5.74) is 1.80. The molecule has 7 nitrogen and oxygen atoms in total. The molecule has 7 heteroatoms. The van der Waals surface area contributed by atoms with E-state index in [2.05, 4.69) is 17.5 Å². The van der Waals surface area contributed by atoms with Crippen molar-refractivity contribution < 1.29 is 14.4 Å². The Kier molecular flexibility index (Phi) is 8.23. The van der Waals surface area contributed by atoms with Gasteiger partial charge in [0.15, 0.2) is 0 Å². The number of hydrogen-bond donors (Lipinski definition) is 1. The minimum absolute atomic E-state index is 0.124. The molecule has 192 valence electrons. The quantitative estimate of drug-likeness (QED) is 0.590. The number of rotatable bonds is 6. The Morgan fingerprint density at radius 3 is 2.70 bits per heavy atom. The number of carbonyl (C=O) groups is 3. The van der Waals surface area contributed by atoms with E-state index in [0.29, 0.717) is 18.8 Å². The van der Waals surface area contributed by atoms with Crippen LogP contribution in [0.2, 0.25) is 0 Å². The van der Waals surface area contributed by atoms with E-state index in [1.807, 2.05) is 73.7 Å². The van der Waals surface area contributed by atoms with Crippen molar-refractivity contribution in [3.63, 3.8) is 0 Å². The maximum Gasteiger partial charge on any atom is 0.331 e. The topological polar surface area (TPSA) is 73.0 Å². The van der Waals surface area contributed by atoms with E-state index < -0.39 is 0 Å². The Bertz CT molecular complexity index is 1290. The van der Waals surface area contributed by atoms with Gasteiger partial charge in [0.1, 0.15) is 0 Å². The van der Waals surface area contributed by atoms with Crippen molar-refractivity contribution in [2.75, 3.05) is 32.1 Å². The van der Waals surface area contributed by atoms with E-state index in [1.165, 1.54) is 10.5 Å². The third-order valence-corrected chi connectivity index (χ3v) is 6.94. The number of fused-ring (bicyclic) bond motifs is 1. The van der Waals surface area contributed by atoms with Crippen LogP contribution in [0.3, 0.4) is 0 Å². The van der Waals surface area contributed by atoms with Crippen LogP contribution < -0.4 is 10.2 Å². The van der Waals surface area contributed by atoms with Crippen LogP contribution in [0.15, 0.2) is 90.6 Å². The van der Waals surface area contributed by atoms with Crippen molar-refractivity contribution in [2.45, 2.75) is 25.8 Å². The van der Waals surface area contributed by atoms with Gasteiger partial charge < -0.3 is 15.1 Å². The zero-order chi connectivity index (χ0) is 26.4. The van der Waals surface area contributed by atoms with Crippen molar-refractivity contribution in [2.24, 2.45) is 5.92 Å². The van der Waals surface area contributed by atoms with Gasteiger partial charge in [0.2, 0.25) is 5.91 Å². The fraction of sp³-hybridized carbons (Fsp3) is 0.300. The van der Waals surface area contributed by atoms with Gasteiger partial charge in [-0.15, -0.1) is 0 Å². The van der Waals surface area contributed by atoms with E-state index in [9.17, 15) is 14.4 Å². The lowest BCUT2D eigenvalue weighted by molar-refractivity contribution is -0.118. The van der Waals surface area contributed by atoms with Gasteiger partial charge in [-0.25, -0.2) is 14.5 Å². The lowest BCUT2D eigenvalue weighted by Crippen LogP contribution is -2.51. The van der Waals surface area contributed by atoms with Gasteiger partial charge >= 0.3 is 12.1 Å². The number of allylic oxidation sites excluding steroid dienone is 7. The second kappa shape index (κ2) is 11.7. The second-order valence-corrected chi connectivity index (χ2v) is 9.60. The summed E-state index contributed by atoms with van der Waals surface area (Å²) in [6.07, 6.45) is 15.2. The van der Waals surface area contributed by atoms with E-state index in [-0.39, 0.29) is 36.3 Å². The molecule has 1 aliphatic heterocycles. The van der Waals surface area contributed by atoms with Gasteiger partial charge in [0.25, 0.3) is 0 Å². The van der Waals surface area contributed by atoms with Crippen molar-refractivity contribution >= 4 is 34.4 Å². The Morgan fingerprint density at radius 2 is 1.92 bits per heavy atom. The monoisotopic (exact) mass is 498 g/mol. The van der Waals surface area contributed by atoms with Crippen molar-refractivity contribution in [3.05, 3.63) is 90.6 Å². The first-order valence-electron chi connectivity index (χ1n) is 12.6. The average molecular weight is 499 g/mol. The van der Waals surface area contributed by atoms with Gasteiger partial charge in [0.05, 0.1) is 11.7 Å². The summed E-state index contributed by atoms with van der Waals surface area (Å²) >= 11 is 0. The number of anilines is 1. The van der Waals surface area contributed by atoms with Crippen molar-refractivity contribution in [1.82, 2.24) is 15.1 Å². The number of amides is 5. The first kappa shape index (κ1) is 25.9. The first-order chi connectivity index (χ1) is 17.9. The Morgan fingerprint density at radius 1 is 1.14 bits per heavy atom. The third-order valence-electron chi connectivity index (χ3n) is 6.94. The summed E-state index contributed by atoms with van der Waals surface area (Å²) in [5.74, 6) is -0.362. The number of hydrogen-bond acceptors (Lipinski definition) is 3. The average Bonchev–Trinajstić information content (AvgIpc) is 2.98. The van der Waals surface area contributed by atoms with Crippen LogP contribution in [0.1, 0.15) is 19.8 Å². The summed E-state index contributed by atoms with van der Waals surface area (Å²) in [4.78, 5) is 44.0. The number of nitrogens with zero attached hydrogens (tertiary/aromatic N) is 3. The molecule has 2 aromatic carbocycles. The molecule has 0 saturated carbocycles. The van der Waals surface area contributed by atoms with Crippen LogP contribution in [-0.2, 0) is 4.79 Å². The summed E-state index contributed by atoms with van der Waals surface area (Å²) in [6, 6.07) is 12.4. The smallest absolute Gasteiger partial charge is 0.331 e. The predicted molar refractivity (Wildman–Crippen MR) is 148 cm³/mol. The number of urea groups is 2. The molecule has 5 amide bonds. The Labute approximate surface area is 218 Å². The largest absolute Gasteiger partial charge is 0.335 e. The summed E-state index contributed by atoms with van der Waals surface area (Å²) in [7, 11) is 3.41. The molecule has 0 aromatic heterocycles. The van der Waals surface area contributed by atoms with Crippen LogP contribution >= 0.6 is 0 Å². The zero-order valence-corrected chi connectivity index (χ0v) is 21.6. The fourth-order valence-corrected chi connectivity index (χ4v) is 4.79. The minimum atomic E-state index is -0.382. The van der Waals surface area contributed by atoms with Crippen LogP contribution in [-0.4, -0.2) is 61.0 Å². The van der Waals surface area contributed by atoms with Gasteiger partial charge in [-0.1, -0.05) is 85.9 Å². The summed E-state index contributed by atoms with van der Waals surface area (Å²) in [6.45, 7) is 2.67. The highest BCUT2D eigenvalue weighted by molar-refractivity contribution is 6.19. The molecule has 2 aromatic rings. The summed E-state index contributed by atoms with van der Waals surface area (Å²) < 4.78 is 0. The molecule has 0 bridgehead atoms. The van der Waals surface area contributed by atoms with E-state index in [1.54, 1.807) is 30.0 Å². The third kappa shape index (κ3) is 6.00. The van der Waals surface area contributed by atoms with Crippen LogP contribution in [0.25, 0.3) is 10.8 Å². The predicted octanol–water partition coefficient (Wildman–Crippen LogP) is 5.27. The molecule has 2 atom stereocenters.